The standard InChI is InChI=1S/C14H13NO4/c1-9-12(14(17)18-2)15-13(11(8-16)19-9)10-6-4-3-5-7-10/h3-8,11H,1-2H3. The minimum Gasteiger partial charge on any atom is -0.479 e. The van der Waals surface area contributed by atoms with Crippen molar-refractivity contribution in [1.29, 1.82) is 0 Å². The molecule has 0 amide bonds. The number of benzene rings is 1. The predicted octanol–water partition coefficient (Wildman–Crippen LogP) is 1.48. The molecular weight excluding hydrogens is 246 g/mol. The van der Waals surface area contributed by atoms with E-state index in [9.17, 15) is 9.59 Å². The Labute approximate surface area is 110 Å². The summed E-state index contributed by atoms with van der Waals surface area (Å²) in [6, 6.07) is 9.10. The van der Waals surface area contributed by atoms with Crippen molar-refractivity contribution >= 4 is 18.0 Å². The second-order valence-electron chi connectivity index (χ2n) is 3.93. The molecule has 0 radical (unpaired) electrons. The van der Waals surface area contributed by atoms with Crippen LogP contribution in [0.3, 0.4) is 0 Å². The third kappa shape index (κ3) is 2.54. The van der Waals surface area contributed by atoms with Crippen LogP contribution in [0.25, 0.3) is 0 Å². The maximum atomic E-state index is 11.6. The molecule has 19 heavy (non-hydrogen) atoms. The number of ether oxygens (including phenoxy) is 2. The number of esters is 1. The van der Waals surface area contributed by atoms with Gasteiger partial charge in [-0.3, -0.25) is 4.79 Å². The van der Waals surface area contributed by atoms with Crippen molar-refractivity contribution in [2.45, 2.75) is 13.0 Å². The number of hydrogen-bond acceptors (Lipinski definition) is 5. The van der Waals surface area contributed by atoms with Crippen molar-refractivity contribution in [2.75, 3.05) is 7.11 Å². The molecule has 1 atom stereocenters. The zero-order valence-electron chi connectivity index (χ0n) is 10.6. The van der Waals surface area contributed by atoms with Crippen LogP contribution in [-0.4, -0.2) is 31.2 Å². The van der Waals surface area contributed by atoms with E-state index in [2.05, 4.69) is 9.73 Å². The van der Waals surface area contributed by atoms with Gasteiger partial charge in [-0.05, 0) is 6.92 Å². The summed E-state index contributed by atoms with van der Waals surface area (Å²) in [4.78, 5) is 26.9. The highest BCUT2D eigenvalue weighted by Gasteiger charge is 2.28. The third-order valence-corrected chi connectivity index (χ3v) is 2.71. The summed E-state index contributed by atoms with van der Waals surface area (Å²) >= 11 is 0. The lowest BCUT2D eigenvalue weighted by atomic mass is 10.0. The van der Waals surface area contributed by atoms with Crippen LogP contribution >= 0.6 is 0 Å². The molecule has 1 aromatic rings. The number of methoxy groups -OCH3 is 1. The van der Waals surface area contributed by atoms with E-state index in [1.54, 1.807) is 19.1 Å². The molecule has 0 saturated heterocycles. The lowest BCUT2D eigenvalue weighted by molar-refractivity contribution is -0.136. The molecular formula is C14H13NO4. The van der Waals surface area contributed by atoms with Crippen molar-refractivity contribution in [2.24, 2.45) is 4.99 Å². The van der Waals surface area contributed by atoms with E-state index in [4.69, 9.17) is 4.74 Å². The number of carbonyl (C=O) groups excluding carboxylic acids is 2. The molecule has 1 heterocycles. The molecule has 0 bridgehead atoms. The van der Waals surface area contributed by atoms with Crippen LogP contribution in [0.5, 0.6) is 0 Å². The number of nitrogens with zero attached hydrogens (tertiary/aromatic N) is 1. The van der Waals surface area contributed by atoms with Crippen LogP contribution in [-0.2, 0) is 19.1 Å². The van der Waals surface area contributed by atoms with Crippen molar-refractivity contribution in [3.63, 3.8) is 0 Å². The highest BCUT2D eigenvalue weighted by atomic mass is 16.5. The molecule has 0 spiro atoms. The average molecular weight is 259 g/mol. The van der Waals surface area contributed by atoms with Crippen LogP contribution < -0.4 is 0 Å². The Bertz CT molecular complexity index is 560. The predicted molar refractivity (Wildman–Crippen MR) is 68.6 cm³/mol. The summed E-state index contributed by atoms with van der Waals surface area (Å²) < 4.78 is 10.1. The van der Waals surface area contributed by atoms with Gasteiger partial charge in [0.05, 0.1) is 12.8 Å². The van der Waals surface area contributed by atoms with Crippen molar-refractivity contribution in [3.8, 4) is 0 Å². The Balaban J connectivity index is 2.48. The van der Waals surface area contributed by atoms with Crippen molar-refractivity contribution in [3.05, 3.63) is 47.4 Å². The Morgan fingerprint density at radius 3 is 2.63 bits per heavy atom. The molecule has 98 valence electrons. The summed E-state index contributed by atoms with van der Waals surface area (Å²) in [5.74, 6) is -0.307. The SMILES string of the molecule is COC(=O)C1=C(C)OC(C=O)C(c2ccccc2)=N1. The van der Waals surface area contributed by atoms with Gasteiger partial charge in [-0.1, -0.05) is 30.3 Å². The van der Waals surface area contributed by atoms with Gasteiger partial charge in [0, 0.05) is 5.56 Å². The number of rotatable bonds is 3. The minimum absolute atomic E-state index is 0.0828. The number of allylic oxidation sites excluding steroid dienone is 1. The topological polar surface area (TPSA) is 65.0 Å². The first-order valence-electron chi connectivity index (χ1n) is 5.72. The number of carbonyl (C=O) groups is 2. The fourth-order valence-electron chi connectivity index (χ4n) is 1.78. The maximum Gasteiger partial charge on any atom is 0.360 e. The smallest absolute Gasteiger partial charge is 0.360 e. The van der Waals surface area contributed by atoms with E-state index in [0.717, 1.165) is 5.56 Å². The summed E-state index contributed by atoms with van der Waals surface area (Å²) in [6.07, 6.45) is -0.153. The van der Waals surface area contributed by atoms with Gasteiger partial charge in [-0.2, -0.15) is 0 Å². The molecule has 0 N–H and O–H groups in total. The monoisotopic (exact) mass is 259 g/mol. The Hall–Kier alpha value is -2.43. The Kier molecular flexibility index (Phi) is 3.75. The van der Waals surface area contributed by atoms with Crippen LogP contribution in [0.4, 0.5) is 0 Å². The third-order valence-electron chi connectivity index (χ3n) is 2.71. The molecule has 1 unspecified atom stereocenters. The molecule has 2 rings (SSSR count). The molecule has 1 aliphatic heterocycles. The van der Waals surface area contributed by atoms with E-state index in [1.807, 2.05) is 18.2 Å². The zero-order chi connectivity index (χ0) is 13.8. The molecule has 0 fully saturated rings. The quantitative estimate of drug-likeness (QED) is 0.609. The average Bonchev–Trinajstić information content (AvgIpc) is 2.47. The van der Waals surface area contributed by atoms with E-state index >= 15 is 0 Å². The van der Waals surface area contributed by atoms with Crippen molar-refractivity contribution in [1.82, 2.24) is 0 Å². The van der Waals surface area contributed by atoms with Gasteiger partial charge in [0.25, 0.3) is 0 Å². The Morgan fingerprint density at radius 1 is 1.37 bits per heavy atom. The van der Waals surface area contributed by atoms with Crippen LogP contribution in [0, 0.1) is 0 Å². The van der Waals surface area contributed by atoms with E-state index in [1.165, 1.54) is 7.11 Å². The van der Waals surface area contributed by atoms with E-state index in [0.29, 0.717) is 12.0 Å². The van der Waals surface area contributed by atoms with Crippen LogP contribution in [0.15, 0.2) is 46.8 Å². The molecule has 5 heteroatoms. The number of hydrogen-bond donors (Lipinski definition) is 0. The van der Waals surface area contributed by atoms with Gasteiger partial charge in [0.2, 0.25) is 0 Å². The van der Waals surface area contributed by atoms with Gasteiger partial charge in [0.15, 0.2) is 18.1 Å². The maximum absolute atomic E-state index is 11.6. The first kappa shape index (κ1) is 13.0. The molecule has 0 aliphatic carbocycles. The van der Waals surface area contributed by atoms with Gasteiger partial charge >= 0.3 is 5.97 Å². The van der Waals surface area contributed by atoms with Gasteiger partial charge in [-0.15, -0.1) is 0 Å². The molecule has 1 aromatic carbocycles. The lowest BCUT2D eigenvalue weighted by Crippen LogP contribution is -2.31. The van der Waals surface area contributed by atoms with E-state index in [-0.39, 0.29) is 11.5 Å². The van der Waals surface area contributed by atoms with Crippen LogP contribution in [0.1, 0.15) is 12.5 Å². The molecule has 0 saturated carbocycles. The molecule has 0 aromatic heterocycles. The van der Waals surface area contributed by atoms with E-state index < -0.39 is 12.1 Å². The highest BCUT2D eigenvalue weighted by molar-refractivity contribution is 6.13. The number of aliphatic imine (C=N–C) groups is 1. The van der Waals surface area contributed by atoms with Gasteiger partial charge in [-0.25, -0.2) is 9.79 Å². The Morgan fingerprint density at radius 2 is 2.05 bits per heavy atom. The first-order valence-corrected chi connectivity index (χ1v) is 5.72. The second kappa shape index (κ2) is 5.48. The van der Waals surface area contributed by atoms with Crippen LogP contribution in [0.2, 0.25) is 0 Å². The van der Waals surface area contributed by atoms with Gasteiger partial charge < -0.3 is 9.47 Å². The summed E-state index contributed by atoms with van der Waals surface area (Å²) in [5, 5.41) is 0. The first-order chi connectivity index (χ1) is 9.17. The lowest BCUT2D eigenvalue weighted by Gasteiger charge is -2.22. The highest BCUT2D eigenvalue weighted by Crippen LogP contribution is 2.21. The fraction of sp³-hybridized carbons (Fsp3) is 0.214. The zero-order valence-corrected chi connectivity index (χ0v) is 10.6. The molecule has 5 nitrogen and oxygen atoms in total. The summed E-state index contributed by atoms with van der Waals surface area (Å²) in [7, 11) is 1.27. The fourth-order valence-corrected chi connectivity index (χ4v) is 1.78. The summed E-state index contributed by atoms with van der Waals surface area (Å²) in [6.45, 7) is 1.58. The normalized spacial score (nSPS) is 18.4. The molecule has 1 aliphatic rings. The minimum atomic E-state index is -0.809. The second-order valence-corrected chi connectivity index (χ2v) is 3.93. The van der Waals surface area contributed by atoms with Crippen molar-refractivity contribution < 1.29 is 19.1 Å². The summed E-state index contributed by atoms with van der Waals surface area (Å²) in [5.41, 5.74) is 1.22. The largest absolute Gasteiger partial charge is 0.479 e. The van der Waals surface area contributed by atoms with Gasteiger partial charge in [0.1, 0.15) is 5.76 Å². The number of aldehydes is 1.